The first kappa shape index (κ1) is 19.9. The lowest BCUT2D eigenvalue weighted by Crippen LogP contribution is -2.37. The van der Waals surface area contributed by atoms with E-state index in [1.807, 2.05) is 0 Å². The largest absolute Gasteiger partial charge is 0.466 e. The Morgan fingerprint density at radius 1 is 1.11 bits per heavy atom. The van der Waals surface area contributed by atoms with Gasteiger partial charge in [0.1, 0.15) is 0 Å². The summed E-state index contributed by atoms with van der Waals surface area (Å²) in [5.74, 6) is -0.366. The van der Waals surface area contributed by atoms with Gasteiger partial charge in [-0.15, -0.1) is 0 Å². The maximum atomic E-state index is 13.0. The molecule has 0 spiro atoms. The summed E-state index contributed by atoms with van der Waals surface area (Å²) in [5.41, 5.74) is 1.32. The van der Waals surface area contributed by atoms with E-state index < -0.39 is 10.4 Å². The fourth-order valence-electron chi connectivity index (χ4n) is 2.65. The van der Waals surface area contributed by atoms with Crippen molar-refractivity contribution in [2.75, 3.05) is 11.4 Å². The van der Waals surface area contributed by atoms with Gasteiger partial charge in [0, 0.05) is 28.6 Å². The van der Waals surface area contributed by atoms with Gasteiger partial charge in [0.2, 0.25) is 0 Å². The first-order chi connectivity index (χ1) is 12.7. The van der Waals surface area contributed by atoms with Crippen molar-refractivity contribution in [2.45, 2.75) is 6.42 Å². The first-order valence-corrected chi connectivity index (χ1v) is 9.95. The number of rotatable bonds is 3. The fraction of sp³-hybridized carbons (Fsp3) is 0.125. The fourth-order valence-corrected chi connectivity index (χ4v) is 3.50. The Labute approximate surface area is 170 Å². The van der Waals surface area contributed by atoms with Crippen LogP contribution in [-0.2, 0) is 14.7 Å². The summed E-state index contributed by atoms with van der Waals surface area (Å²) in [4.78, 5) is 14.4. The number of anilines is 1. The van der Waals surface area contributed by atoms with Crippen LogP contribution in [0, 0.1) is 0 Å². The molecule has 1 heterocycles. The standard InChI is InChI=1S/C16H11Cl3N2O5S/c17-9-2-4-15-12(7-9)14(20-26-27(23,24)25)5-6-21(15)16(22)11-3-1-10(18)8-13(11)19/h1-4,7-8H,5-6H2,(H,23,24,25)/b20-14+. The summed E-state index contributed by atoms with van der Waals surface area (Å²) in [6, 6.07) is 9.24. The molecule has 0 atom stereocenters. The Hall–Kier alpha value is -1.84. The lowest BCUT2D eigenvalue weighted by Gasteiger charge is -2.30. The lowest BCUT2D eigenvalue weighted by molar-refractivity contribution is 0.0987. The van der Waals surface area contributed by atoms with Crippen molar-refractivity contribution >= 4 is 62.5 Å². The van der Waals surface area contributed by atoms with Crippen LogP contribution >= 0.6 is 34.8 Å². The molecule has 0 aliphatic carbocycles. The molecule has 1 amide bonds. The van der Waals surface area contributed by atoms with Crippen molar-refractivity contribution in [3.05, 3.63) is 62.6 Å². The highest BCUT2D eigenvalue weighted by Crippen LogP contribution is 2.33. The number of hydrogen-bond acceptors (Lipinski definition) is 5. The van der Waals surface area contributed by atoms with E-state index in [1.54, 1.807) is 18.2 Å². The number of carbonyl (C=O) groups is 1. The number of benzene rings is 2. The third kappa shape index (κ3) is 4.53. The summed E-state index contributed by atoms with van der Waals surface area (Å²) in [6.45, 7) is 0.181. The molecule has 0 aromatic heterocycles. The molecule has 0 bridgehead atoms. The van der Waals surface area contributed by atoms with Gasteiger partial charge in [-0.1, -0.05) is 40.0 Å². The summed E-state index contributed by atoms with van der Waals surface area (Å²) >= 11 is 18.0. The predicted octanol–water partition coefficient (Wildman–Crippen LogP) is 4.22. The van der Waals surface area contributed by atoms with Gasteiger partial charge >= 0.3 is 10.4 Å². The topological polar surface area (TPSA) is 96.3 Å². The molecule has 1 N–H and O–H groups in total. The number of amides is 1. The summed E-state index contributed by atoms with van der Waals surface area (Å²) in [5, 5.41) is 4.43. The lowest BCUT2D eigenvalue weighted by atomic mass is 9.98. The van der Waals surface area contributed by atoms with Crippen LogP contribution in [0.2, 0.25) is 15.1 Å². The third-order valence-electron chi connectivity index (χ3n) is 3.78. The normalized spacial score (nSPS) is 15.6. The van der Waals surface area contributed by atoms with Crippen LogP contribution < -0.4 is 4.90 Å². The molecule has 142 valence electrons. The molecule has 0 saturated heterocycles. The number of fused-ring (bicyclic) bond motifs is 1. The average Bonchev–Trinajstić information content (AvgIpc) is 2.58. The van der Waals surface area contributed by atoms with Crippen LogP contribution in [0.15, 0.2) is 41.6 Å². The zero-order valence-corrected chi connectivity index (χ0v) is 16.5. The molecule has 27 heavy (non-hydrogen) atoms. The second kappa shape index (κ2) is 7.65. The van der Waals surface area contributed by atoms with Gasteiger partial charge in [-0.3, -0.25) is 9.35 Å². The smallest absolute Gasteiger partial charge is 0.307 e. The quantitative estimate of drug-likeness (QED) is 0.559. The van der Waals surface area contributed by atoms with Gasteiger partial charge in [0.05, 0.1) is 22.0 Å². The summed E-state index contributed by atoms with van der Waals surface area (Å²) < 4.78 is 34.4. The highest BCUT2D eigenvalue weighted by Gasteiger charge is 2.29. The van der Waals surface area contributed by atoms with E-state index in [9.17, 15) is 13.2 Å². The Morgan fingerprint density at radius 2 is 1.78 bits per heavy atom. The van der Waals surface area contributed by atoms with Crippen LogP contribution in [0.3, 0.4) is 0 Å². The second-order valence-corrected chi connectivity index (χ2v) is 7.82. The van der Waals surface area contributed by atoms with Crippen LogP contribution in [0.4, 0.5) is 5.69 Å². The van der Waals surface area contributed by atoms with Gasteiger partial charge in [-0.2, -0.15) is 8.42 Å². The number of hydrogen-bond donors (Lipinski definition) is 1. The van der Waals surface area contributed by atoms with Crippen LogP contribution in [0.5, 0.6) is 0 Å². The van der Waals surface area contributed by atoms with E-state index in [-0.39, 0.29) is 35.2 Å². The zero-order chi connectivity index (χ0) is 19.8. The SMILES string of the molecule is O=C(c1ccc(Cl)cc1Cl)N1CC/C(=N\OS(=O)(=O)O)c2cc(Cl)ccc21. The molecule has 7 nitrogen and oxygen atoms in total. The molecule has 2 aromatic carbocycles. The van der Waals surface area contributed by atoms with Crippen LogP contribution in [-0.4, -0.2) is 31.1 Å². The third-order valence-corrected chi connectivity index (χ3v) is 4.83. The Balaban J connectivity index is 2.03. The molecule has 11 heteroatoms. The molecule has 0 saturated carbocycles. The summed E-state index contributed by atoms with van der Waals surface area (Å²) in [6.07, 6.45) is 0.166. The van der Waals surface area contributed by atoms with E-state index >= 15 is 0 Å². The van der Waals surface area contributed by atoms with Crippen molar-refractivity contribution < 1.29 is 22.0 Å². The Bertz CT molecular complexity index is 1060. The maximum absolute atomic E-state index is 13.0. The molecule has 0 fully saturated rings. The van der Waals surface area contributed by atoms with Crippen molar-refractivity contribution in [3.63, 3.8) is 0 Å². The second-order valence-electron chi connectivity index (χ2n) is 5.53. The minimum atomic E-state index is -4.75. The molecule has 0 unspecified atom stereocenters. The van der Waals surface area contributed by atoms with Gasteiger partial charge in [-0.05, 0) is 36.4 Å². The van der Waals surface area contributed by atoms with Crippen molar-refractivity contribution in [1.82, 2.24) is 0 Å². The number of nitrogens with zero attached hydrogens (tertiary/aromatic N) is 2. The Kier molecular flexibility index (Phi) is 5.64. The van der Waals surface area contributed by atoms with E-state index in [1.165, 1.54) is 23.1 Å². The van der Waals surface area contributed by atoms with Gasteiger partial charge < -0.3 is 4.90 Å². The Morgan fingerprint density at radius 3 is 2.44 bits per heavy atom. The van der Waals surface area contributed by atoms with E-state index in [2.05, 4.69) is 9.44 Å². The minimum Gasteiger partial charge on any atom is -0.307 e. The molecular formula is C16H11Cl3N2O5S. The van der Waals surface area contributed by atoms with E-state index in [0.717, 1.165) is 0 Å². The predicted molar refractivity (Wildman–Crippen MR) is 103 cm³/mol. The maximum Gasteiger partial charge on any atom is 0.466 e. The number of oxime groups is 1. The first-order valence-electron chi connectivity index (χ1n) is 7.45. The minimum absolute atomic E-state index is 0.166. The molecule has 2 aromatic rings. The molecule has 0 radical (unpaired) electrons. The van der Waals surface area contributed by atoms with Crippen molar-refractivity contribution in [2.24, 2.45) is 5.16 Å². The van der Waals surface area contributed by atoms with Gasteiger partial charge in [-0.25, -0.2) is 4.28 Å². The molecule has 1 aliphatic rings. The zero-order valence-electron chi connectivity index (χ0n) is 13.4. The monoisotopic (exact) mass is 448 g/mol. The number of halogens is 3. The van der Waals surface area contributed by atoms with Crippen molar-refractivity contribution in [3.8, 4) is 0 Å². The van der Waals surface area contributed by atoms with E-state index in [0.29, 0.717) is 21.3 Å². The molecule has 3 rings (SSSR count). The van der Waals surface area contributed by atoms with Crippen LogP contribution in [0.25, 0.3) is 0 Å². The highest BCUT2D eigenvalue weighted by molar-refractivity contribution is 7.80. The molecular weight excluding hydrogens is 439 g/mol. The van der Waals surface area contributed by atoms with Crippen molar-refractivity contribution in [1.29, 1.82) is 0 Å². The highest BCUT2D eigenvalue weighted by atomic mass is 35.5. The van der Waals surface area contributed by atoms with Crippen LogP contribution in [0.1, 0.15) is 22.3 Å². The van der Waals surface area contributed by atoms with E-state index in [4.69, 9.17) is 39.4 Å². The average molecular weight is 450 g/mol. The van der Waals surface area contributed by atoms with Gasteiger partial charge in [0.25, 0.3) is 5.91 Å². The number of carbonyl (C=O) groups excluding carboxylic acids is 1. The summed E-state index contributed by atoms with van der Waals surface area (Å²) in [7, 11) is -4.75. The van der Waals surface area contributed by atoms with Gasteiger partial charge in [0.15, 0.2) is 0 Å². The molecule has 1 aliphatic heterocycles.